The Bertz CT molecular complexity index is 534. The lowest BCUT2D eigenvalue weighted by atomic mass is 10.1. The van der Waals surface area contributed by atoms with Gasteiger partial charge in [0.2, 0.25) is 0 Å². The molecule has 3 N–H and O–H groups in total. The van der Waals surface area contributed by atoms with Crippen LogP contribution in [0.15, 0.2) is 24.4 Å². The summed E-state index contributed by atoms with van der Waals surface area (Å²) in [5.74, 6) is 0.138. The van der Waals surface area contributed by atoms with E-state index in [-0.39, 0.29) is 12.3 Å². The summed E-state index contributed by atoms with van der Waals surface area (Å²) in [6.07, 6.45) is -2.06. The van der Waals surface area contributed by atoms with Crippen LogP contribution in [0.2, 0.25) is 0 Å². The number of aromatic hydroxyl groups is 1. The highest BCUT2D eigenvalue weighted by molar-refractivity contribution is 5.88. The van der Waals surface area contributed by atoms with Crippen molar-refractivity contribution >= 4 is 10.9 Å². The fourth-order valence-electron chi connectivity index (χ4n) is 1.89. The van der Waals surface area contributed by atoms with Crippen molar-refractivity contribution in [2.24, 2.45) is 0 Å². The molecule has 0 atom stereocenters. The molecule has 0 spiro atoms. The van der Waals surface area contributed by atoms with Crippen LogP contribution in [0.25, 0.3) is 10.9 Å². The third-order valence-electron chi connectivity index (χ3n) is 2.66. The molecule has 3 nitrogen and oxygen atoms in total. The molecular formula is C12H13F3N2O. The highest BCUT2D eigenvalue weighted by atomic mass is 19.4. The van der Waals surface area contributed by atoms with E-state index in [0.717, 1.165) is 11.1 Å². The number of aromatic nitrogens is 1. The molecule has 6 heteroatoms. The Morgan fingerprint density at radius 2 is 2.06 bits per heavy atom. The fraction of sp³-hybridized carbons (Fsp3) is 0.333. The molecule has 18 heavy (non-hydrogen) atoms. The zero-order chi connectivity index (χ0) is 13.2. The van der Waals surface area contributed by atoms with E-state index in [2.05, 4.69) is 10.3 Å². The van der Waals surface area contributed by atoms with E-state index < -0.39 is 12.7 Å². The smallest absolute Gasteiger partial charge is 0.401 e. The summed E-state index contributed by atoms with van der Waals surface area (Å²) in [6.45, 7) is -0.790. The molecule has 0 amide bonds. The molecule has 0 saturated heterocycles. The summed E-state index contributed by atoms with van der Waals surface area (Å²) in [6, 6.07) is 5.07. The lowest BCUT2D eigenvalue weighted by molar-refractivity contribution is -0.124. The van der Waals surface area contributed by atoms with Crippen molar-refractivity contribution in [2.75, 3.05) is 13.1 Å². The van der Waals surface area contributed by atoms with E-state index in [9.17, 15) is 18.3 Å². The summed E-state index contributed by atoms with van der Waals surface area (Å²) in [4.78, 5) is 2.98. The van der Waals surface area contributed by atoms with Gasteiger partial charge in [-0.2, -0.15) is 13.2 Å². The number of H-pyrrole nitrogens is 1. The Morgan fingerprint density at radius 1 is 1.28 bits per heavy atom. The Morgan fingerprint density at radius 3 is 2.78 bits per heavy atom. The first-order valence-corrected chi connectivity index (χ1v) is 5.53. The molecular weight excluding hydrogens is 245 g/mol. The first kappa shape index (κ1) is 12.8. The molecule has 0 unspecified atom stereocenters. The van der Waals surface area contributed by atoms with Crippen LogP contribution in [0.1, 0.15) is 5.56 Å². The second-order valence-electron chi connectivity index (χ2n) is 4.06. The second kappa shape index (κ2) is 4.89. The van der Waals surface area contributed by atoms with Gasteiger partial charge < -0.3 is 15.4 Å². The maximum Gasteiger partial charge on any atom is 0.401 e. The number of benzene rings is 1. The summed E-state index contributed by atoms with van der Waals surface area (Å²) >= 11 is 0. The number of phenols is 1. The Hall–Kier alpha value is -1.69. The van der Waals surface area contributed by atoms with E-state index in [0.29, 0.717) is 11.8 Å². The van der Waals surface area contributed by atoms with Crippen molar-refractivity contribution in [1.29, 1.82) is 0 Å². The highest BCUT2D eigenvalue weighted by Gasteiger charge is 2.25. The topological polar surface area (TPSA) is 48.0 Å². The van der Waals surface area contributed by atoms with Gasteiger partial charge in [-0.05, 0) is 30.7 Å². The van der Waals surface area contributed by atoms with Crippen LogP contribution in [0.4, 0.5) is 13.2 Å². The molecule has 1 aromatic carbocycles. The molecule has 2 aromatic rings. The van der Waals surface area contributed by atoms with E-state index in [4.69, 9.17) is 0 Å². The molecule has 2 rings (SSSR count). The molecule has 0 aliphatic heterocycles. The molecule has 1 aromatic heterocycles. The fourth-order valence-corrected chi connectivity index (χ4v) is 1.89. The van der Waals surface area contributed by atoms with E-state index in [1.807, 2.05) is 6.07 Å². The second-order valence-corrected chi connectivity index (χ2v) is 4.06. The average Bonchev–Trinajstić information content (AvgIpc) is 2.68. The largest absolute Gasteiger partial charge is 0.507 e. The van der Waals surface area contributed by atoms with Crippen LogP contribution < -0.4 is 5.32 Å². The van der Waals surface area contributed by atoms with E-state index in [1.165, 1.54) is 0 Å². The van der Waals surface area contributed by atoms with Gasteiger partial charge >= 0.3 is 6.18 Å². The predicted octanol–water partition coefficient (Wildman–Crippen LogP) is 2.57. The molecule has 0 radical (unpaired) electrons. The van der Waals surface area contributed by atoms with Crippen molar-refractivity contribution in [2.45, 2.75) is 12.6 Å². The third kappa shape index (κ3) is 2.95. The van der Waals surface area contributed by atoms with Crippen LogP contribution in [0.5, 0.6) is 5.75 Å². The quantitative estimate of drug-likeness (QED) is 0.738. The van der Waals surface area contributed by atoms with Crippen LogP contribution in [-0.4, -0.2) is 29.4 Å². The first-order chi connectivity index (χ1) is 8.47. The van der Waals surface area contributed by atoms with Gasteiger partial charge in [-0.15, -0.1) is 0 Å². The van der Waals surface area contributed by atoms with Gasteiger partial charge in [0, 0.05) is 17.1 Å². The monoisotopic (exact) mass is 258 g/mol. The molecule has 0 saturated carbocycles. The maximum absolute atomic E-state index is 11.9. The number of fused-ring (bicyclic) bond motifs is 1. The number of hydrogen-bond donors (Lipinski definition) is 3. The number of alkyl halides is 3. The minimum atomic E-state index is -4.19. The van der Waals surface area contributed by atoms with Gasteiger partial charge in [0.05, 0.1) is 6.54 Å². The zero-order valence-electron chi connectivity index (χ0n) is 9.51. The highest BCUT2D eigenvalue weighted by Crippen LogP contribution is 2.27. The van der Waals surface area contributed by atoms with Crippen LogP contribution in [0, 0.1) is 0 Å². The van der Waals surface area contributed by atoms with Gasteiger partial charge in [-0.3, -0.25) is 0 Å². The van der Waals surface area contributed by atoms with Crippen molar-refractivity contribution in [1.82, 2.24) is 10.3 Å². The maximum atomic E-state index is 11.9. The summed E-state index contributed by atoms with van der Waals surface area (Å²) < 4.78 is 35.8. The molecule has 98 valence electrons. The lowest BCUT2D eigenvalue weighted by Gasteiger charge is -2.07. The Kier molecular flexibility index (Phi) is 3.47. The number of aromatic amines is 1. The van der Waals surface area contributed by atoms with E-state index >= 15 is 0 Å². The van der Waals surface area contributed by atoms with Gasteiger partial charge in [0.25, 0.3) is 0 Å². The SMILES string of the molecule is Oc1cccc2[nH]cc(CCNCC(F)(F)F)c12. The standard InChI is InChI=1S/C12H13F3N2O/c13-12(14,15)7-16-5-4-8-6-17-9-2-1-3-10(18)11(8)9/h1-3,6,16-18H,4-5,7H2. The van der Waals surface area contributed by atoms with Gasteiger partial charge in [0.15, 0.2) is 0 Å². The third-order valence-corrected chi connectivity index (χ3v) is 2.66. The van der Waals surface area contributed by atoms with Crippen LogP contribution in [-0.2, 0) is 6.42 Å². The lowest BCUT2D eigenvalue weighted by Crippen LogP contribution is -2.30. The summed E-state index contributed by atoms with van der Waals surface area (Å²) in [7, 11) is 0. The average molecular weight is 258 g/mol. The molecule has 0 aliphatic carbocycles. The Balaban J connectivity index is 2.00. The number of rotatable bonds is 4. The normalized spacial score (nSPS) is 12.2. The van der Waals surface area contributed by atoms with Crippen molar-refractivity contribution in [3.63, 3.8) is 0 Å². The summed E-state index contributed by atoms with van der Waals surface area (Å²) in [5, 5.41) is 12.7. The van der Waals surface area contributed by atoms with Gasteiger partial charge in [-0.1, -0.05) is 6.07 Å². The Labute approximate surface area is 102 Å². The predicted molar refractivity (Wildman–Crippen MR) is 62.6 cm³/mol. The number of halogens is 3. The number of hydrogen-bond acceptors (Lipinski definition) is 2. The van der Waals surface area contributed by atoms with Crippen LogP contribution in [0.3, 0.4) is 0 Å². The van der Waals surface area contributed by atoms with Crippen molar-refractivity contribution in [3.8, 4) is 5.75 Å². The minimum Gasteiger partial charge on any atom is -0.507 e. The molecule has 0 bridgehead atoms. The molecule has 1 heterocycles. The van der Waals surface area contributed by atoms with Crippen LogP contribution >= 0.6 is 0 Å². The summed E-state index contributed by atoms with van der Waals surface area (Å²) in [5.41, 5.74) is 1.58. The minimum absolute atomic E-state index is 0.138. The zero-order valence-corrected chi connectivity index (χ0v) is 9.51. The number of phenolic OH excluding ortho intramolecular Hbond substituents is 1. The van der Waals surface area contributed by atoms with Crippen molar-refractivity contribution < 1.29 is 18.3 Å². The molecule has 0 fully saturated rings. The molecule has 0 aliphatic rings. The number of nitrogens with one attached hydrogen (secondary N) is 2. The van der Waals surface area contributed by atoms with Gasteiger partial charge in [-0.25, -0.2) is 0 Å². The first-order valence-electron chi connectivity index (χ1n) is 5.53. The van der Waals surface area contributed by atoms with Crippen molar-refractivity contribution in [3.05, 3.63) is 30.0 Å². The van der Waals surface area contributed by atoms with Gasteiger partial charge in [0.1, 0.15) is 5.75 Å². The van der Waals surface area contributed by atoms with E-state index in [1.54, 1.807) is 18.3 Å².